The summed E-state index contributed by atoms with van der Waals surface area (Å²) in [6, 6.07) is 11.0. The number of anilines is 2. The van der Waals surface area contributed by atoms with Gasteiger partial charge in [0.2, 0.25) is 11.8 Å². The number of benzene rings is 1. The van der Waals surface area contributed by atoms with Gasteiger partial charge in [-0.1, -0.05) is 12.1 Å². The number of nitrogens with one attached hydrogen (secondary N) is 2. The Hall–Kier alpha value is -2.96. The summed E-state index contributed by atoms with van der Waals surface area (Å²) in [5.41, 5.74) is 2.33. The standard InChI is InChI=1S/C19H21N5O2/c25-18-9-7-16(21-18)19(26)20-14-5-3-4-13(12-14)15-6-8-17(23-22-15)24-10-1-2-11-24/h3-6,8,12,16H,1-2,7,9-11H2,(H,20,26)(H,21,25). The number of nitrogens with zero attached hydrogens (tertiary/aromatic N) is 3. The molecule has 7 heteroatoms. The first-order chi connectivity index (χ1) is 12.7. The highest BCUT2D eigenvalue weighted by atomic mass is 16.2. The lowest BCUT2D eigenvalue weighted by Gasteiger charge is -2.15. The zero-order valence-corrected chi connectivity index (χ0v) is 14.4. The van der Waals surface area contributed by atoms with Crippen LogP contribution in [0, 0.1) is 0 Å². The summed E-state index contributed by atoms with van der Waals surface area (Å²) in [5.74, 6) is 0.642. The second-order valence-electron chi connectivity index (χ2n) is 6.70. The molecule has 1 aromatic carbocycles. The van der Waals surface area contributed by atoms with Crippen molar-refractivity contribution in [2.45, 2.75) is 31.7 Å². The van der Waals surface area contributed by atoms with Gasteiger partial charge in [0.05, 0.1) is 5.69 Å². The lowest BCUT2D eigenvalue weighted by Crippen LogP contribution is -2.37. The molecule has 7 nitrogen and oxygen atoms in total. The van der Waals surface area contributed by atoms with Crippen LogP contribution in [0.5, 0.6) is 0 Å². The Morgan fingerprint density at radius 3 is 2.69 bits per heavy atom. The van der Waals surface area contributed by atoms with Gasteiger partial charge < -0.3 is 15.5 Å². The molecule has 26 heavy (non-hydrogen) atoms. The van der Waals surface area contributed by atoms with E-state index in [0.717, 1.165) is 30.2 Å². The maximum Gasteiger partial charge on any atom is 0.246 e. The maximum absolute atomic E-state index is 12.2. The Morgan fingerprint density at radius 2 is 2.00 bits per heavy atom. The largest absolute Gasteiger partial charge is 0.355 e. The number of carbonyl (C=O) groups is 2. The molecule has 2 saturated heterocycles. The van der Waals surface area contributed by atoms with Crippen LogP contribution in [0.3, 0.4) is 0 Å². The van der Waals surface area contributed by atoms with E-state index in [1.165, 1.54) is 12.8 Å². The van der Waals surface area contributed by atoms with Crippen molar-refractivity contribution < 1.29 is 9.59 Å². The first-order valence-corrected chi connectivity index (χ1v) is 8.98. The average Bonchev–Trinajstić information content (AvgIpc) is 3.34. The summed E-state index contributed by atoms with van der Waals surface area (Å²) in [6.07, 6.45) is 3.34. The molecule has 2 aliphatic heterocycles. The van der Waals surface area contributed by atoms with Crippen molar-refractivity contribution in [2.75, 3.05) is 23.3 Å². The van der Waals surface area contributed by atoms with Crippen molar-refractivity contribution in [3.63, 3.8) is 0 Å². The molecule has 0 spiro atoms. The Morgan fingerprint density at radius 1 is 1.15 bits per heavy atom. The quantitative estimate of drug-likeness (QED) is 0.879. The molecule has 0 saturated carbocycles. The van der Waals surface area contributed by atoms with E-state index in [9.17, 15) is 9.59 Å². The molecule has 3 heterocycles. The van der Waals surface area contributed by atoms with E-state index >= 15 is 0 Å². The van der Waals surface area contributed by atoms with Crippen LogP contribution < -0.4 is 15.5 Å². The number of carbonyl (C=O) groups excluding carboxylic acids is 2. The van der Waals surface area contributed by atoms with E-state index in [2.05, 4.69) is 25.7 Å². The van der Waals surface area contributed by atoms with Crippen LogP contribution in [0.1, 0.15) is 25.7 Å². The van der Waals surface area contributed by atoms with E-state index < -0.39 is 6.04 Å². The van der Waals surface area contributed by atoms with Crippen LogP contribution in [0.4, 0.5) is 11.5 Å². The third kappa shape index (κ3) is 3.51. The van der Waals surface area contributed by atoms with Crippen LogP contribution in [0.25, 0.3) is 11.3 Å². The third-order valence-corrected chi connectivity index (χ3v) is 4.82. The smallest absolute Gasteiger partial charge is 0.246 e. The number of rotatable bonds is 4. The topological polar surface area (TPSA) is 87.2 Å². The summed E-state index contributed by atoms with van der Waals surface area (Å²) in [4.78, 5) is 25.7. The number of hydrogen-bond donors (Lipinski definition) is 2. The van der Waals surface area contributed by atoms with Crippen LogP contribution in [-0.2, 0) is 9.59 Å². The van der Waals surface area contributed by atoms with Crippen molar-refractivity contribution in [3.8, 4) is 11.3 Å². The van der Waals surface area contributed by atoms with Gasteiger partial charge in [-0.25, -0.2) is 0 Å². The molecule has 2 amide bonds. The molecule has 0 aliphatic carbocycles. The van der Waals surface area contributed by atoms with E-state index in [4.69, 9.17) is 0 Å². The molecule has 134 valence electrons. The number of amides is 2. The Labute approximate surface area is 151 Å². The van der Waals surface area contributed by atoms with E-state index in [1.807, 2.05) is 36.4 Å². The van der Waals surface area contributed by atoms with Crippen LogP contribution in [0.2, 0.25) is 0 Å². The van der Waals surface area contributed by atoms with Crippen molar-refractivity contribution in [2.24, 2.45) is 0 Å². The van der Waals surface area contributed by atoms with Crippen molar-refractivity contribution in [1.82, 2.24) is 15.5 Å². The lowest BCUT2D eigenvalue weighted by molar-refractivity contribution is -0.122. The minimum absolute atomic E-state index is 0.0766. The summed E-state index contributed by atoms with van der Waals surface area (Å²) in [6.45, 7) is 2.07. The fraction of sp³-hybridized carbons (Fsp3) is 0.368. The van der Waals surface area contributed by atoms with Crippen molar-refractivity contribution in [1.29, 1.82) is 0 Å². The maximum atomic E-state index is 12.2. The highest BCUT2D eigenvalue weighted by Gasteiger charge is 2.27. The number of aromatic nitrogens is 2. The molecule has 2 aromatic rings. The third-order valence-electron chi connectivity index (χ3n) is 4.82. The Kier molecular flexibility index (Phi) is 4.51. The van der Waals surface area contributed by atoms with E-state index in [1.54, 1.807) is 0 Å². The first-order valence-electron chi connectivity index (χ1n) is 8.98. The lowest BCUT2D eigenvalue weighted by atomic mass is 10.1. The van der Waals surface area contributed by atoms with Crippen LogP contribution in [-0.4, -0.2) is 41.1 Å². The van der Waals surface area contributed by atoms with Gasteiger partial charge in [-0.05, 0) is 43.5 Å². The predicted octanol–water partition coefficient (Wildman–Crippen LogP) is 1.96. The molecule has 0 bridgehead atoms. The molecule has 2 fully saturated rings. The minimum atomic E-state index is -0.453. The van der Waals surface area contributed by atoms with Gasteiger partial charge in [-0.2, -0.15) is 0 Å². The van der Waals surface area contributed by atoms with Gasteiger partial charge in [-0.3, -0.25) is 9.59 Å². The molecule has 1 atom stereocenters. The highest BCUT2D eigenvalue weighted by molar-refractivity contribution is 5.99. The predicted molar refractivity (Wildman–Crippen MR) is 98.7 cm³/mol. The van der Waals surface area contributed by atoms with Crippen LogP contribution in [0.15, 0.2) is 36.4 Å². The summed E-state index contributed by atoms with van der Waals surface area (Å²) < 4.78 is 0. The zero-order valence-electron chi connectivity index (χ0n) is 14.4. The summed E-state index contributed by atoms with van der Waals surface area (Å²) in [5, 5.41) is 14.2. The van der Waals surface area contributed by atoms with Crippen molar-refractivity contribution >= 4 is 23.3 Å². The van der Waals surface area contributed by atoms with E-state index in [-0.39, 0.29) is 11.8 Å². The second-order valence-corrected chi connectivity index (χ2v) is 6.70. The van der Waals surface area contributed by atoms with Gasteiger partial charge in [0.15, 0.2) is 5.82 Å². The molecule has 4 rings (SSSR count). The minimum Gasteiger partial charge on any atom is -0.355 e. The van der Waals surface area contributed by atoms with Gasteiger partial charge in [-0.15, -0.1) is 10.2 Å². The number of hydrogen-bond acceptors (Lipinski definition) is 5. The molecule has 1 unspecified atom stereocenters. The molecule has 1 aromatic heterocycles. The van der Waals surface area contributed by atoms with Gasteiger partial charge in [0, 0.05) is 30.8 Å². The van der Waals surface area contributed by atoms with Gasteiger partial charge in [0.25, 0.3) is 0 Å². The van der Waals surface area contributed by atoms with Crippen LogP contribution >= 0.6 is 0 Å². The van der Waals surface area contributed by atoms with Gasteiger partial charge in [0.1, 0.15) is 6.04 Å². The molecule has 0 radical (unpaired) electrons. The average molecular weight is 351 g/mol. The van der Waals surface area contributed by atoms with E-state index in [0.29, 0.717) is 18.5 Å². The Bertz CT molecular complexity index is 815. The fourth-order valence-electron chi connectivity index (χ4n) is 3.39. The SMILES string of the molecule is O=C1CCC(C(=O)Nc2cccc(-c3ccc(N4CCCC4)nn3)c2)N1. The van der Waals surface area contributed by atoms with Crippen molar-refractivity contribution in [3.05, 3.63) is 36.4 Å². The van der Waals surface area contributed by atoms with Gasteiger partial charge >= 0.3 is 0 Å². The molecular formula is C19H21N5O2. The fourth-order valence-corrected chi connectivity index (χ4v) is 3.39. The summed E-state index contributed by atoms with van der Waals surface area (Å²) in [7, 11) is 0. The monoisotopic (exact) mass is 351 g/mol. The second kappa shape index (κ2) is 7.11. The first kappa shape index (κ1) is 16.5. The normalized spacial score (nSPS) is 19.5. The zero-order chi connectivity index (χ0) is 17.9. The summed E-state index contributed by atoms with van der Waals surface area (Å²) >= 11 is 0. The molecule has 2 aliphatic rings. The Balaban J connectivity index is 1.46. The highest BCUT2D eigenvalue weighted by Crippen LogP contribution is 2.23. The molecule has 2 N–H and O–H groups in total. The molecular weight excluding hydrogens is 330 g/mol.